The van der Waals surface area contributed by atoms with Crippen LogP contribution >= 0.6 is 0 Å². The number of fused-ring (bicyclic) bond motifs is 2. The highest BCUT2D eigenvalue weighted by molar-refractivity contribution is 6.04. The van der Waals surface area contributed by atoms with E-state index in [1.54, 1.807) is 12.1 Å². The van der Waals surface area contributed by atoms with E-state index in [-0.39, 0.29) is 6.61 Å². The van der Waals surface area contributed by atoms with Crippen LogP contribution in [0.2, 0.25) is 0 Å². The van der Waals surface area contributed by atoms with E-state index in [4.69, 9.17) is 0 Å². The van der Waals surface area contributed by atoms with Crippen LogP contribution in [0.1, 0.15) is 27.0 Å². The lowest BCUT2D eigenvalue weighted by atomic mass is 10.0. The summed E-state index contributed by atoms with van der Waals surface area (Å²) in [5, 5.41) is 21.4. The summed E-state index contributed by atoms with van der Waals surface area (Å²) >= 11 is 0. The Labute approximate surface area is 193 Å². The Kier molecular flexibility index (Phi) is 6.83. The number of aliphatic hydroxyl groups is 1. The SMILES string of the molecule is CN(C)CCc1cn(CN(C)CCc2c[nH]c3cccc(C(=O)O)c23)c2cccc(CO)c12. The van der Waals surface area contributed by atoms with Gasteiger partial charge in [0.25, 0.3) is 0 Å². The summed E-state index contributed by atoms with van der Waals surface area (Å²) in [6.45, 7) is 2.47. The molecule has 0 saturated heterocycles. The summed E-state index contributed by atoms with van der Waals surface area (Å²) in [7, 11) is 6.22. The third-order valence-electron chi connectivity index (χ3n) is 6.24. The lowest BCUT2D eigenvalue weighted by molar-refractivity contribution is 0.0699. The Balaban J connectivity index is 1.55. The largest absolute Gasteiger partial charge is 0.478 e. The molecule has 174 valence electrons. The molecule has 4 aromatic rings. The highest BCUT2D eigenvalue weighted by Crippen LogP contribution is 2.27. The van der Waals surface area contributed by atoms with Crippen LogP contribution in [0.4, 0.5) is 0 Å². The zero-order valence-corrected chi connectivity index (χ0v) is 19.5. The van der Waals surface area contributed by atoms with Crippen molar-refractivity contribution in [2.75, 3.05) is 34.2 Å². The third kappa shape index (κ3) is 4.80. The number of aromatic amines is 1. The number of benzene rings is 2. The zero-order valence-electron chi connectivity index (χ0n) is 19.5. The predicted molar refractivity (Wildman–Crippen MR) is 132 cm³/mol. The number of aliphatic hydroxyl groups excluding tert-OH is 1. The van der Waals surface area contributed by atoms with E-state index in [0.717, 1.165) is 58.9 Å². The molecule has 3 N–H and O–H groups in total. The Hall–Kier alpha value is -3.13. The topological polar surface area (TPSA) is 84.7 Å². The van der Waals surface area contributed by atoms with Crippen molar-refractivity contribution >= 4 is 27.8 Å². The summed E-state index contributed by atoms with van der Waals surface area (Å²) in [4.78, 5) is 19.3. The van der Waals surface area contributed by atoms with Crippen LogP contribution < -0.4 is 0 Å². The van der Waals surface area contributed by atoms with Gasteiger partial charge in [-0.3, -0.25) is 4.90 Å². The van der Waals surface area contributed by atoms with Crippen molar-refractivity contribution in [3.8, 4) is 0 Å². The number of likely N-dealkylation sites (N-methyl/N-ethyl adjacent to an activating group) is 2. The van der Waals surface area contributed by atoms with E-state index < -0.39 is 5.97 Å². The molecular weight excluding hydrogens is 416 g/mol. The predicted octanol–water partition coefficient (Wildman–Crippen LogP) is 3.55. The molecule has 0 amide bonds. The Bertz CT molecular complexity index is 1270. The lowest BCUT2D eigenvalue weighted by Crippen LogP contribution is -2.24. The molecule has 0 unspecified atom stereocenters. The number of aromatic nitrogens is 2. The maximum atomic E-state index is 11.7. The fourth-order valence-electron chi connectivity index (χ4n) is 4.57. The van der Waals surface area contributed by atoms with Gasteiger partial charge in [0.15, 0.2) is 0 Å². The number of hydrogen-bond acceptors (Lipinski definition) is 4. The van der Waals surface area contributed by atoms with Crippen LogP contribution in [0.25, 0.3) is 21.8 Å². The normalized spacial score (nSPS) is 11.9. The fourth-order valence-corrected chi connectivity index (χ4v) is 4.57. The van der Waals surface area contributed by atoms with Crippen molar-refractivity contribution in [3.63, 3.8) is 0 Å². The molecule has 0 bridgehead atoms. The van der Waals surface area contributed by atoms with E-state index >= 15 is 0 Å². The van der Waals surface area contributed by atoms with Gasteiger partial charge in [-0.1, -0.05) is 18.2 Å². The standard InChI is InChI=1S/C26H32N4O3/c1-28(2)12-10-19-15-30(23-9-4-6-20(16-31)24(19)23)17-29(3)13-11-18-14-27-22-8-5-7-21(25(18)22)26(32)33/h4-9,14-15,27,31H,10-13,16-17H2,1-3H3,(H,32,33). The van der Waals surface area contributed by atoms with Gasteiger partial charge in [-0.2, -0.15) is 0 Å². The summed E-state index contributed by atoms with van der Waals surface area (Å²) < 4.78 is 2.25. The third-order valence-corrected chi connectivity index (χ3v) is 6.24. The molecule has 2 heterocycles. The quantitative estimate of drug-likeness (QED) is 0.346. The number of nitrogens with zero attached hydrogens (tertiary/aromatic N) is 3. The van der Waals surface area contributed by atoms with E-state index in [0.29, 0.717) is 12.2 Å². The molecule has 2 aromatic carbocycles. The van der Waals surface area contributed by atoms with Crippen LogP contribution in [-0.4, -0.2) is 69.8 Å². The lowest BCUT2D eigenvalue weighted by Gasteiger charge is -2.18. The van der Waals surface area contributed by atoms with Crippen LogP contribution in [0.5, 0.6) is 0 Å². The minimum absolute atomic E-state index is 0.0264. The van der Waals surface area contributed by atoms with Crippen LogP contribution in [0.3, 0.4) is 0 Å². The van der Waals surface area contributed by atoms with Gasteiger partial charge >= 0.3 is 5.97 Å². The van der Waals surface area contributed by atoms with Crippen molar-refractivity contribution in [1.82, 2.24) is 19.4 Å². The number of carboxylic acid groups (broad SMARTS) is 1. The number of nitrogens with one attached hydrogen (secondary N) is 1. The molecular formula is C26H32N4O3. The van der Waals surface area contributed by atoms with Crippen LogP contribution in [0.15, 0.2) is 48.8 Å². The Morgan fingerprint density at radius 1 is 0.970 bits per heavy atom. The molecule has 0 radical (unpaired) electrons. The molecule has 7 heteroatoms. The van der Waals surface area contributed by atoms with Crippen molar-refractivity contribution in [2.24, 2.45) is 0 Å². The summed E-state index contributed by atoms with van der Waals surface area (Å²) in [5.74, 6) is -0.904. The summed E-state index contributed by atoms with van der Waals surface area (Å²) in [5.41, 5.74) is 5.54. The van der Waals surface area contributed by atoms with Crippen molar-refractivity contribution < 1.29 is 15.0 Å². The molecule has 0 atom stereocenters. The van der Waals surface area contributed by atoms with Gasteiger partial charge in [-0.25, -0.2) is 4.79 Å². The maximum Gasteiger partial charge on any atom is 0.336 e. The molecule has 0 aliphatic heterocycles. The van der Waals surface area contributed by atoms with E-state index in [1.807, 2.05) is 24.4 Å². The first-order valence-corrected chi connectivity index (χ1v) is 11.2. The highest BCUT2D eigenvalue weighted by Gasteiger charge is 2.16. The molecule has 4 rings (SSSR count). The maximum absolute atomic E-state index is 11.7. The van der Waals surface area contributed by atoms with Crippen molar-refractivity contribution in [1.29, 1.82) is 0 Å². The van der Waals surface area contributed by atoms with Gasteiger partial charge in [0.2, 0.25) is 0 Å². The molecule has 0 aliphatic carbocycles. The molecule has 0 saturated carbocycles. The second-order valence-corrected chi connectivity index (χ2v) is 8.97. The Morgan fingerprint density at radius 2 is 1.73 bits per heavy atom. The highest BCUT2D eigenvalue weighted by atomic mass is 16.4. The van der Waals surface area contributed by atoms with Gasteiger partial charge < -0.3 is 24.7 Å². The number of aromatic carboxylic acids is 1. The average molecular weight is 449 g/mol. The number of carboxylic acids is 1. The molecule has 0 aliphatic rings. The van der Waals surface area contributed by atoms with Gasteiger partial charge in [0.05, 0.1) is 18.8 Å². The van der Waals surface area contributed by atoms with Crippen molar-refractivity contribution in [2.45, 2.75) is 26.1 Å². The first-order chi connectivity index (χ1) is 15.9. The minimum Gasteiger partial charge on any atom is -0.478 e. The molecule has 7 nitrogen and oxygen atoms in total. The van der Waals surface area contributed by atoms with E-state index in [9.17, 15) is 15.0 Å². The monoisotopic (exact) mass is 448 g/mol. The first-order valence-electron chi connectivity index (χ1n) is 11.2. The number of rotatable bonds is 10. The summed E-state index contributed by atoms with van der Waals surface area (Å²) in [6, 6.07) is 11.4. The van der Waals surface area contributed by atoms with E-state index in [1.165, 1.54) is 5.56 Å². The fraction of sp³-hybridized carbons (Fsp3) is 0.346. The van der Waals surface area contributed by atoms with Gasteiger partial charge in [-0.15, -0.1) is 0 Å². The first kappa shape index (κ1) is 23.0. The van der Waals surface area contributed by atoms with Gasteiger partial charge in [-0.05, 0) is 68.9 Å². The molecule has 0 spiro atoms. The van der Waals surface area contributed by atoms with E-state index in [2.05, 4.69) is 52.8 Å². The number of hydrogen-bond donors (Lipinski definition) is 3. The molecule has 0 fully saturated rings. The zero-order chi connectivity index (χ0) is 23.5. The molecule has 33 heavy (non-hydrogen) atoms. The van der Waals surface area contributed by atoms with Crippen LogP contribution in [-0.2, 0) is 26.1 Å². The van der Waals surface area contributed by atoms with Crippen molar-refractivity contribution in [3.05, 3.63) is 71.0 Å². The second-order valence-electron chi connectivity index (χ2n) is 8.97. The van der Waals surface area contributed by atoms with Gasteiger partial charge in [0.1, 0.15) is 0 Å². The smallest absolute Gasteiger partial charge is 0.336 e. The summed E-state index contributed by atoms with van der Waals surface area (Å²) in [6.07, 6.45) is 5.79. The average Bonchev–Trinajstić information content (AvgIpc) is 3.37. The minimum atomic E-state index is -0.904. The number of carbonyl (C=O) groups is 1. The Morgan fingerprint density at radius 3 is 2.45 bits per heavy atom. The molecule has 2 aromatic heterocycles. The van der Waals surface area contributed by atoms with Crippen LogP contribution in [0, 0.1) is 0 Å². The van der Waals surface area contributed by atoms with Gasteiger partial charge in [0, 0.05) is 47.3 Å². The second kappa shape index (κ2) is 9.79. The number of H-pyrrole nitrogens is 1.